The third kappa shape index (κ3) is 3.58. The number of rotatable bonds is 5. The lowest BCUT2D eigenvalue weighted by molar-refractivity contribution is 0.610. The summed E-state index contributed by atoms with van der Waals surface area (Å²) in [6.07, 6.45) is -3.06. The van der Waals surface area contributed by atoms with Gasteiger partial charge in [-0.05, 0) is 50.9 Å². The molecular formula is C25H20IO2PS. The zero-order valence-corrected chi connectivity index (χ0v) is 20.0. The maximum Gasteiger partial charge on any atom is 0.202 e. The van der Waals surface area contributed by atoms with Crippen LogP contribution >= 0.6 is 28.7 Å². The lowest BCUT2D eigenvalue weighted by atomic mass is 10.2. The average molecular weight is 542 g/mol. The standard InChI is InChI=1S/C25H20IO2PS/c26-25(21-13-5-1-6-14-21)29(22-15-7-2-8-16-22,23-17-9-3-10-18-23)30(27,28)24-19-11-4-12-20-24/h1-20H. The highest BCUT2D eigenvalue weighted by molar-refractivity contribution is 14.1. The largest absolute Gasteiger partial charge is 0.219 e. The van der Waals surface area contributed by atoms with E-state index < -0.39 is 15.5 Å². The molecule has 0 N–H and O–H groups in total. The summed E-state index contributed by atoms with van der Waals surface area (Å²) in [5.74, 6) is 0. The molecule has 0 saturated carbocycles. The molecule has 0 fully saturated rings. The van der Waals surface area contributed by atoms with E-state index in [1.54, 1.807) is 24.3 Å². The van der Waals surface area contributed by atoms with Gasteiger partial charge in [-0.25, -0.2) is 8.42 Å². The van der Waals surface area contributed by atoms with E-state index >= 15 is 0 Å². The Kier molecular flexibility index (Phi) is 6.28. The molecule has 4 rings (SSSR count). The van der Waals surface area contributed by atoms with E-state index in [-0.39, 0.29) is 0 Å². The molecule has 0 unspecified atom stereocenters. The minimum Gasteiger partial charge on any atom is -0.219 e. The predicted octanol–water partition coefficient (Wildman–Crippen LogP) is 5.66. The van der Waals surface area contributed by atoms with Crippen LogP contribution in [-0.4, -0.2) is 11.7 Å². The van der Waals surface area contributed by atoms with Crippen LogP contribution in [-0.2, 0) is 9.46 Å². The second-order valence-electron chi connectivity index (χ2n) is 6.73. The van der Waals surface area contributed by atoms with Crippen LogP contribution < -0.4 is 10.6 Å². The Labute approximate surface area is 191 Å². The fourth-order valence-corrected chi connectivity index (χ4v) is 16.6. The summed E-state index contributed by atoms with van der Waals surface area (Å²) < 4.78 is 29.8. The normalized spacial score (nSPS) is 11.8. The Morgan fingerprint density at radius 3 is 1.37 bits per heavy atom. The molecule has 0 spiro atoms. The van der Waals surface area contributed by atoms with Gasteiger partial charge in [-0.1, -0.05) is 109 Å². The summed E-state index contributed by atoms with van der Waals surface area (Å²) in [6, 6.07) is 38.0. The molecule has 0 heterocycles. The molecule has 0 aliphatic heterocycles. The van der Waals surface area contributed by atoms with E-state index in [0.29, 0.717) is 4.90 Å². The lowest BCUT2D eigenvalue weighted by Gasteiger charge is -2.30. The summed E-state index contributed by atoms with van der Waals surface area (Å²) in [7, 11) is -3.75. The lowest BCUT2D eigenvalue weighted by Crippen LogP contribution is -2.27. The van der Waals surface area contributed by atoms with Crippen LogP contribution in [0.15, 0.2) is 126 Å². The third-order valence-electron chi connectivity index (χ3n) is 4.93. The highest BCUT2D eigenvalue weighted by atomic mass is 127. The van der Waals surface area contributed by atoms with Crippen LogP contribution in [0.1, 0.15) is 5.56 Å². The maximum atomic E-state index is 14.5. The number of benzene rings is 4. The van der Waals surface area contributed by atoms with Crippen LogP contribution in [0.2, 0.25) is 0 Å². The summed E-state index contributed by atoms with van der Waals surface area (Å²) in [5, 5.41) is 1.65. The Morgan fingerprint density at radius 2 is 0.933 bits per heavy atom. The molecule has 4 aromatic carbocycles. The van der Waals surface area contributed by atoms with Crippen molar-refractivity contribution in [1.29, 1.82) is 0 Å². The first-order valence-corrected chi connectivity index (χ1v) is 14.4. The van der Waals surface area contributed by atoms with Gasteiger partial charge in [-0.3, -0.25) is 0 Å². The van der Waals surface area contributed by atoms with Crippen molar-refractivity contribution in [2.75, 3.05) is 0 Å². The molecular weight excluding hydrogens is 522 g/mol. The summed E-state index contributed by atoms with van der Waals surface area (Å²) in [5.41, 5.74) is 0.929. The van der Waals surface area contributed by atoms with Gasteiger partial charge in [0.15, 0.2) is 0 Å². The SMILES string of the molecule is O=S(=O)(c1ccccc1)P(=C(I)c1ccccc1)(c1ccccc1)c1ccccc1. The first-order valence-electron chi connectivity index (χ1n) is 9.47. The summed E-state index contributed by atoms with van der Waals surface area (Å²) in [4.78, 5) is 0.344. The van der Waals surface area contributed by atoms with Gasteiger partial charge in [0.2, 0.25) is 9.46 Å². The number of hydrogen-bond acceptors (Lipinski definition) is 2. The molecule has 0 aliphatic rings. The van der Waals surface area contributed by atoms with Gasteiger partial charge in [0.25, 0.3) is 0 Å². The quantitative estimate of drug-likeness (QED) is 0.241. The number of halogens is 1. The first-order chi connectivity index (χ1) is 14.6. The molecule has 0 amide bonds. The summed E-state index contributed by atoms with van der Waals surface area (Å²) in [6.45, 7) is 0. The fraction of sp³-hybridized carbons (Fsp3) is 0. The van der Waals surface area contributed by atoms with Gasteiger partial charge in [0.05, 0.1) is 11.0 Å². The van der Waals surface area contributed by atoms with Crippen molar-refractivity contribution in [3.8, 4) is 0 Å². The molecule has 0 aliphatic carbocycles. The van der Waals surface area contributed by atoms with Crippen LogP contribution in [0.3, 0.4) is 0 Å². The average Bonchev–Trinajstić information content (AvgIpc) is 2.82. The third-order valence-corrected chi connectivity index (χ3v) is 17.8. The molecule has 0 bridgehead atoms. The predicted molar refractivity (Wildman–Crippen MR) is 137 cm³/mol. The van der Waals surface area contributed by atoms with Crippen LogP contribution in [0.5, 0.6) is 0 Å². The Hall–Kier alpha value is -2.14. The minimum absolute atomic E-state index is 0.344. The maximum absolute atomic E-state index is 14.5. The fourth-order valence-electron chi connectivity index (χ4n) is 3.54. The van der Waals surface area contributed by atoms with E-state index in [1.807, 2.05) is 97.1 Å². The van der Waals surface area contributed by atoms with Gasteiger partial charge in [-0.2, -0.15) is 0 Å². The second kappa shape index (κ2) is 8.93. The molecule has 0 saturated heterocycles. The molecule has 5 heteroatoms. The van der Waals surface area contributed by atoms with Crippen molar-refractivity contribution in [2.24, 2.45) is 0 Å². The molecule has 0 aromatic heterocycles. The van der Waals surface area contributed by atoms with Crippen LogP contribution in [0.25, 0.3) is 0 Å². The van der Waals surface area contributed by atoms with Crippen molar-refractivity contribution in [3.05, 3.63) is 127 Å². The molecule has 30 heavy (non-hydrogen) atoms. The molecule has 4 aromatic rings. The van der Waals surface area contributed by atoms with E-state index in [2.05, 4.69) is 22.6 Å². The van der Waals surface area contributed by atoms with Gasteiger partial charge in [0, 0.05) is 3.30 Å². The van der Waals surface area contributed by atoms with Gasteiger partial charge < -0.3 is 0 Å². The van der Waals surface area contributed by atoms with Crippen molar-refractivity contribution in [1.82, 2.24) is 0 Å². The van der Waals surface area contributed by atoms with Gasteiger partial charge in [-0.15, -0.1) is 0 Å². The molecule has 150 valence electrons. The van der Waals surface area contributed by atoms with Crippen molar-refractivity contribution < 1.29 is 8.42 Å². The molecule has 2 nitrogen and oxygen atoms in total. The van der Waals surface area contributed by atoms with Crippen molar-refractivity contribution in [3.63, 3.8) is 0 Å². The monoisotopic (exact) mass is 542 g/mol. The zero-order valence-electron chi connectivity index (χ0n) is 16.1. The Balaban J connectivity index is 2.26. The topological polar surface area (TPSA) is 34.1 Å². The molecule has 0 radical (unpaired) electrons. The van der Waals surface area contributed by atoms with Gasteiger partial charge in [0.1, 0.15) is 0 Å². The number of hydrogen-bond donors (Lipinski definition) is 0. The Bertz CT molecular complexity index is 1250. The summed E-state index contributed by atoms with van der Waals surface area (Å²) >= 11 is 2.27. The van der Waals surface area contributed by atoms with E-state index in [4.69, 9.17) is 0 Å². The van der Waals surface area contributed by atoms with E-state index in [1.165, 1.54) is 0 Å². The Morgan fingerprint density at radius 1 is 0.567 bits per heavy atom. The smallest absolute Gasteiger partial charge is 0.202 e. The van der Waals surface area contributed by atoms with Crippen molar-refractivity contribution in [2.45, 2.75) is 4.90 Å². The highest BCUT2D eigenvalue weighted by Gasteiger charge is 2.41. The van der Waals surface area contributed by atoms with E-state index in [9.17, 15) is 8.42 Å². The first kappa shape index (κ1) is 21.1. The minimum atomic E-state index is -3.75. The second-order valence-corrected chi connectivity index (χ2v) is 15.9. The van der Waals surface area contributed by atoms with Crippen molar-refractivity contribution >= 4 is 52.0 Å². The van der Waals surface area contributed by atoms with Crippen LogP contribution in [0.4, 0.5) is 0 Å². The van der Waals surface area contributed by atoms with E-state index in [0.717, 1.165) is 19.5 Å². The van der Waals surface area contributed by atoms with Crippen LogP contribution in [0, 0.1) is 0 Å². The molecule has 0 atom stereocenters. The highest BCUT2D eigenvalue weighted by Crippen LogP contribution is 2.58. The van der Waals surface area contributed by atoms with Gasteiger partial charge >= 0.3 is 0 Å². The zero-order chi connectivity index (χ0) is 21.0.